The molecule has 1 fully saturated rings. The van der Waals surface area contributed by atoms with Gasteiger partial charge in [-0.3, -0.25) is 14.9 Å². The molecule has 1 aromatic heterocycles. The van der Waals surface area contributed by atoms with Crippen molar-refractivity contribution in [3.05, 3.63) is 54.1 Å². The predicted molar refractivity (Wildman–Crippen MR) is 134 cm³/mol. The number of hydrogen-bond acceptors (Lipinski definition) is 7. The summed E-state index contributed by atoms with van der Waals surface area (Å²) in [5.74, 6) is 0.942. The standard InChI is InChI=1S/C23H33N7O3S/c1-16(2)25-22-6-5-11-24-30(22)28(3)19-9-12-29(13-10-19)23(31)21-15-17-14-18(27-34(4,32)33)7-8-20(17)26-21/h5-8,11,14-16,19,24-27H,9-10,12-13H2,1-4H3. The maximum Gasteiger partial charge on any atom is 0.270 e. The third kappa shape index (κ3) is 5.48. The van der Waals surface area contributed by atoms with E-state index in [1.165, 1.54) is 0 Å². The van der Waals surface area contributed by atoms with Crippen molar-refractivity contribution in [2.24, 2.45) is 0 Å². The molecule has 0 atom stereocenters. The number of nitrogens with zero attached hydrogens (tertiary/aromatic N) is 3. The van der Waals surface area contributed by atoms with Crippen LogP contribution in [0.3, 0.4) is 0 Å². The Balaban J connectivity index is 1.39. The molecule has 34 heavy (non-hydrogen) atoms. The van der Waals surface area contributed by atoms with Crippen LogP contribution in [0.4, 0.5) is 5.69 Å². The molecule has 4 N–H and O–H groups in total. The summed E-state index contributed by atoms with van der Waals surface area (Å²) >= 11 is 0. The topological polar surface area (TPSA) is 113 Å². The lowest BCUT2D eigenvalue weighted by atomic mass is 10.0. The molecule has 2 aromatic rings. The number of likely N-dealkylation sites (tertiary alicyclic amines) is 1. The lowest BCUT2D eigenvalue weighted by Crippen LogP contribution is -2.57. The van der Waals surface area contributed by atoms with Crippen molar-refractivity contribution in [1.82, 2.24) is 30.8 Å². The van der Waals surface area contributed by atoms with Gasteiger partial charge in [0.05, 0.1) is 6.26 Å². The van der Waals surface area contributed by atoms with Crippen molar-refractivity contribution in [3.63, 3.8) is 0 Å². The molecule has 2 aliphatic rings. The molecule has 3 heterocycles. The highest BCUT2D eigenvalue weighted by atomic mass is 32.2. The van der Waals surface area contributed by atoms with E-state index in [2.05, 4.69) is 46.4 Å². The zero-order valence-corrected chi connectivity index (χ0v) is 20.8. The van der Waals surface area contributed by atoms with Crippen molar-refractivity contribution in [2.75, 3.05) is 31.1 Å². The van der Waals surface area contributed by atoms with Gasteiger partial charge in [-0.25, -0.2) is 18.5 Å². The quantitative estimate of drug-likeness (QED) is 0.473. The Labute approximate surface area is 200 Å². The van der Waals surface area contributed by atoms with Crippen LogP contribution in [0.15, 0.2) is 48.4 Å². The number of aromatic nitrogens is 1. The van der Waals surface area contributed by atoms with Crippen LogP contribution in [0.5, 0.6) is 0 Å². The maximum atomic E-state index is 13.2. The molecule has 0 saturated carbocycles. The van der Waals surface area contributed by atoms with Crippen LogP contribution in [0.2, 0.25) is 0 Å². The number of sulfonamides is 1. The van der Waals surface area contributed by atoms with Crippen molar-refractivity contribution >= 4 is 32.5 Å². The number of nitrogens with one attached hydrogen (secondary N) is 4. The van der Waals surface area contributed by atoms with Gasteiger partial charge in [-0.15, -0.1) is 0 Å². The highest BCUT2D eigenvalue weighted by Gasteiger charge is 2.30. The lowest BCUT2D eigenvalue weighted by molar-refractivity contribution is -0.0597. The summed E-state index contributed by atoms with van der Waals surface area (Å²) in [5.41, 5.74) is 5.05. The maximum absolute atomic E-state index is 13.2. The third-order valence-electron chi connectivity index (χ3n) is 5.96. The Kier molecular flexibility index (Phi) is 6.76. The fourth-order valence-electron chi connectivity index (χ4n) is 4.36. The molecule has 0 aliphatic carbocycles. The molecular weight excluding hydrogens is 454 g/mol. The van der Waals surface area contributed by atoms with Crippen LogP contribution in [0.25, 0.3) is 10.9 Å². The third-order valence-corrected chi connectivity index (χ3v) is 6.57. The van der Waals surface area contributed by atoms with Crippen LogP contribution < -0.4 is 15.5 Å². The van der Waals surface area contributed by atoms with Crippen LogP contribution in [0, 0.1) is 0 Å². The zero-order valence-electron chi connectivity index (χ0n) is 20.0. The van der Waals surface area contributed by atoms with Crippen LogP contribution >= 0.6 is 0 Å². The second-order valence-electron chi connectivity index (χ2n) is 9.11. The first-order valence-corrected chi connectivity index (χ1v) is 13.3. The average Bonchev–Trinajstić information content (AvgIpc) is 3.20. The first kappa shape index (κ1) is 24.0. The molecule has 1 aromatic carbocycles. The number of allylic oxidation sites excluding steroid dienone is 2. The van der Waals surface area contributed by atoms with E-state index in [1.807, 2.05) is 28.4 Å². The molecule has 11 heteroatoms. The molecule has 4 rings (SSSR count). The number of carbonyl (C=O) groups is 1. The van der Waals surface area contributed by atoms with Crippen LogP contribution in [-0.4, -0.2) is 72.8 Å². The number of fused-ring (bicyclic) bond motifs is 1. The average molecular weight is 488 g/mol. The number of H-pyrrole nitrogens is 1. The van der Waals surface area contributed by atoms with Gasteiger partial charge in [0, 0.05) is 55.0 Å². The predicted octanol–water partition coefficient (Wildman–Crippen LogP) is 2.16. The van der Waals surface area contributed by atoms with E-state index >= 15 is 0 Å². The van der Waals surface area contributed by atoms with E-state index in [0.29, 0.717) is 30.5 Å². The number of hydrazine groups is 2. The summed E-state index contributed by atoms with van der Waals surface area (Å²) in [6.07, 6.45) is 8.71. The van der Waals surface area contributed by atoms with Gasteiger partial charge < -0.3 is 15.2 Å². The molecule has 1 saturated heterocycles. The largest absolute Gasteiger partial charge is 0.367 e. The summed E-state index contributed by atoms with van der Waals surface area (Å²) < 4.78 is 25.5. The van der Waals surface area contributed by atoms with E-state index in [9.17, 15) is 13.2 Å². The van der Waals surface area contributed by atoms with Crippen molar-refractivity contribution in [1.29, 1.82) is 0 Å². The smallest absolute Gasteiger partial charge is 0.270 e. The highest BCUT2D eigenvalue weighted by molar-refractivity contribution is 7.92. The van der Waals surface area contributed by atoms with Crippen LogP contribution in [0.1, 0.15) is 37.2 Å². The minimum absolute atomic E-state index is 0.0454. The number of hydrogen-bond donors (Lipinski definition) is 4. The molecule has 0 spiro atoms. The van der Waals surface area contributed by atoms with Gasteiger partial charge in [0.2, 0.25) is 10.0 Å². The molecular formula is C23H33N7O3S. The summed E-state index contributed by atoms with van der Waals surface area (Å²) in [5, 5.41) is 8.44. The second kappa shape index (κ2) is 9.59. The Bertz CT molecular complexity index is 1210. The summed E-state index contributed by atoms with van der Waals surface area (Å²) in [4.78, 5) is 18.2. The van der Waals surface area contributed by atoms with E-state index < -0.39 is 10.0 Å². The van der Waals surface area contributed by atoms with Gasteiger partial charge in [-0.1, -0.05) is 0 Å². The monoisotopic (exact) mass is 487 g/mol. The Morgan fingerprint density at radius 3 is 2.62 bits per heavy atom. The molecule has 0 bridgehead atoms. The first-order chi connectivity index (χ1) is 16.1. The normalized spacial score (nSPS) is 17.3. The number of piperidine rings is 1. The molecule has 0 radical (unpaired) electrons. The van der Waals surface area contributed by atoms with Gasteiger partial charge in [0.15, 0.2) is 0 Å². The molecule has 10 nitrogen and oxygen atoms in total. The number of benzene rings is 1. The SMILES string of the molecule is CC(C)NC1=CC=CNN1N(C)C1CCN(C(=O)c2cc3cc(NS(C)(=O)=O)ccc3[nH]2)CC1. The van der Waals surface area contributed by atoms with Gasteiger partial charge in [0.1, 0.15) is 11.5 Å². The number of anilines is 1. The Hall–Kier alpha value is -3.18. The van der Waals surface area contributed by atoms with E-state index in [4.69, 9.17) is 0 Å². The number of aromatic amines is 1. The fraction of sp³-hybridized carbons (Fsp3) is 0.435. The molecule has 1 amide bonds. The van der Waals surface area contributed by atoms with Gasteiger partial charge in [0.25, 0.3) is 5.91 Å². The van der Waals surface area contributed by atoms with E-state index in [-0.39, 0.29) is 11.9 Å². The van der Waals surface area contributed by atoms with Crippen LogP contribution in [-0.2, 0) is 10.0 Å². The zero-order chi connectivity index (χ0) is 24.5. The highest BCUT2D eigenvalue weighted by Crippen LogP contribution is 2.24. The minimum atomic E-state index is -3.36. The van der Waals surface area contributed by atoms with Crippen molar-refractivity contribution in [2.45, 2.75) is 38.8 Å². The Morgan fingerprint density at radius 2 is 1.94 bits per heavy atom. The Morgan fingerprint density at radius 1 is 1.21 bits per heavy atom. The van der Waals surface area contributed by atoms with Crippen molar-refractivity contribution in [3.8, 4) is 0 Å². The number of amides is 1. The number of rotatable bonds is 7. The van der Waals surface area contributed by atoms with E-state index in [0.717, 1.165) is 35.8 Å². The lowest BCUT2D eigenvalue weighted by Gasteiger charge is -2.44. The summed E-state index contributed by atoms with van der Waals surface area (Å²) in [6, 6.07) is 7.55. The van der Waals surface area contributed by atoms with E-state index in [1.54, 1.807) is 24.3 Å². The molecule has 2 aliphatic heterocycles. The van der Waals surface area contributed by atoms with Gasteiger partial charge >= 0.3 is 0 Å². The fourth-order valence-corrected chi connectivity index (χ4v) is 4.92. The summed E-state index contributed by atoms with van der Waals surface area (Å²) in [6.45, 7) is 5.53. The van der Waals surface area contributed by atoms with Gasteiger partial charge in [-0.2, -0.15) is 0 Å². The number of carbonyl (C=O) groups excluding carboxylic acids is 1. The van der Waals surface area contributed by atoms with Gasteiger partial charge in [-0.05, 0) is 63.1 Å². The minimum Gasteiger partial charge on any atom is -0.367 e. The second-order valence-corrected chi connectivity index (χ2v) is 10.9. The van der Waals surface area contributed by atoms with Crippen molar-refractivity contribution < 1.29 is 13.2 Å². The first-order valence-electron chi connectivity index (χ1n) is 11.4. The summed E-state index contributed by atoms with van der Waals surface area (Å²) in [7, 11) is -1.30. The molecule has 184 valence electrons. The molecule has 0 unspecified atom stereocenters.